The summed E-state index contributed by atoms with van der Waals surface area (Å²) >= 11 is 0. The summed E-state index contributed by atoms with van der Waals surface area (Å²) in [5.41, 5.74) is 4.76. The zero-order chi connectivity index (χ0) is 24.0. The molecule has 5 nitrogen and oxygen atoms in total. The van der Waals surface area contributed by atoms with Gasteiger partial charge in [-0.15, -0.1) is 0 Å². The van der Waals surface area contributed by atoms with E-state index < -0.39 is 11.7 Å². The predicted octanol–water partition coefficient (Wildman–Crippen LogP) is 6.94. The molecule has 4 rings (SSSR count). The molecule has 0 fully saturated rings. The van der Waals surface area contributed by atoms with E-state index in [9.17, 15) is 4.79 Å². The summed E-state index contributed by atoms with van der Waals surface area (Å²) < 4.78 is 5.52. The van der Waals surface area contributed by atoms with E-state index in [-0.39, 0.29) is 6.04 Å². The van der Waals surface area contributed by atoms with Gasteiger partial charge >= 0.3 is 6.09 Å². The van der Waals surface area contributed by atoms with Gasteiger partial charge in [-0.25, -0.2) is 9.78 Å². The highest BCUT2D eigenvalue weighted by molar-refractivity contribution is 5.81. The third-order valence-corrected chi connectivity index (χ3v) is 5.47. The summed E-state index contributed by atoms with van der Waals surface area (Å²) in [6, 6.07) is 28.4. The zero-order valence-electron chi connectivity index (χ0n) is 19.9. The van der Waals surface area contributed by atoms with Crippen LogP contribution in [0.1, 0.15) is 44.6 Å². The molecule has 0 saturated heterocycles. The highest BCUT2D eigenvalue weighted by Gasteiger charge is 2.23. The first-order valence-electron chi connectivity index (χ1n) is 11.6. The van der Waals surface area contributed by atoms with Gasteiger partial charge in [0, 0.05) is 11.8 Å². The van der Waals surface area contributed by atoms with Gasteiger partial charge in [0.2, 0.25) is 0 Å². The Bertz CT molecular complexity index is 1210. The highest BCUT2D eigenvalue weighted by atomic mass is 16.6. The van der Waals surface area contributed by atoms with Crippen molar-refractivity contribution >= 4 is 6.09 Å². The molecule has 0 unspecified atom stereocenters. The van der Waals surface area contributed by atoms with Gasteiger partial charge in [-0.2, -0.15) is 0 Å². The van der Waals surface area contributed by atoms with Gasteiger partial charge in [0.05, 0.1) is 11.7 Å². The van der Waals surface area contributed by atoms with Crippen LogP contribution in [-0.2, 0) is 11.2 Å². The van der Waals surface area contributed by atoms with E-state index in [0.29, 0.717) is 12.2 Å². The van der Waals surface area contributed by atoms with E-state index in [4.69, 9.17) is 9.72 Å². The van der Waals surface area contributed by atoms with Gasteiger partial charge in [-0.3, -0.25) is 0 Å². The first kappa shape index (κ1) is 23.3. The number of aryl methyl sites for hydroxylation is 1. The topological polar surface area (TPSA) is 67.0 Å². The largest absolute Gasteiger partial charge is 0.444 e. The number of amides is 1. The SMILES string of the molecule is CC(C)(C)OC(=O)N[C@H](CCc1ccccc1)c1nc(-c2ccccc2-c2ccccc2)c[nH]1. The van der Waals surface area contributed by atoms with Crippen molar-refractivity contribution in [3.05, 3.63) is 103 Å². The van der Waals surface area contributed by atoms with Crippen LogP contribution in [0.2, 0.25) is 0 Å². The first-order valence-corrected chi connectivity index (χ1v) is 11.6. The normalized spacial score (nSPS) is 12.2. The third-order valence-electron chi connectivity index (χ3n) is 5.47. The Balaban J connectivity index is 1.61. The van der Waals surface area contributed by atoms with E-state index in [2.05, 4.69) is 46.7 Å². The van der Waals surface area contributed by atoms with Gasteiger partial charge in [-0.05, 0) is 50.3 Å². The van der Waals surface area contributed by atoms with E-state index in [1.165, 1.54) is 5.56 Å². The van der Waals surface area contributed by atoms with Crippen LogP contribution in [0.25, 0.3) is 22.4 Å². The second kappa shape index (κ2) is 10.4. The molecule has 1 atom stereocenters. The molecule has 1 amide bonds. The van der Waals surface area contributed by atoms with Crippen molar-refractivity contribution in [3.8, 4) is 22.4 Å². The third kappa shape index (κ3) is 6.13. The molecule has 0 aliphatic heterocycles. The van der Waals surface area contributed by atoms with Gasteiger partial charge in [0.15, 0.2) is 0 Å². The summed E-state index contributed by atoms with van der Waals surface area (Å²) in [5, 5.41) is 3.02. The minimum absolute atomic E-state index is 0.312. The molecule has 2 N–H and O–H groups in total. The molecule has 0 aliphatic rings. The standard InChI is InChI=1S/C29H31N3O2/c1-29(2,3)34-28(33)32-25(19-18-21-12-6-4-7-13-21)27-30-20-26(31-27)24-17-11-10-16-23(24)22-14-8-5-9-15-22/h4-17,20,25H,18-19H2,1-3H3,(H,30,31)(H,32,33)/t25-/m1/s1. The van der Waals surface area contributed by atoms with Crippen molar-refractivity contribution in [2.75, 3.05) is 0 Å². The van der Waals surface area contributed by atoms with Crippen molar-refractivity contribution in [2.45, 2.75) is 45.3 Å². The number of aromatic nitrogens is 2. The highest BCUT2D eigenvalue weighted by Crippen LogP contribution is 2.31. The average molecular weight is 454 g/mol. The Kier molecular flexibility index (Phi) is 7.12. The first-order chi connectivity index (χ1) is 16.4. The number of nitrogens with one attached hydrogen (secondary N) is 2. The zero-order valence-corrected chi connectivity index (χ0v) is 19.9. The average Bonchev–Trinajstić information content (AvgIpc) is 3.32. The molecule has 0 bridgehead atoms. The summed E-state index contributed by atoms with van der Waals surface area (Å²) in [7, 11) is 0. The fourth-order valence-electron chi connectivity index (χ4n) is 3.91. The van der Waals surface area contributed by atoms with Crippen molar-refractivity contribution in [1.82, 2.24) is 15.3 Å². The molecule has 0 radical (unpaired) electrons. The maximum atomic E-state index is 12.6. The van der Waals surface area contributed by atoms with E-state index >= 15 is 0 Å². The quantitative estimate of drug-likeness (QED) is 0.318. The number of carbonyl (C=O) groups is 1. The second-order valence-corrected chi connectivity index (χ2v) is 9.31. The molecule has 5 heteroatoms. The summed E-state index contributed by atoms with van der Waals surface area (Å²) in [4.78, 5) is 20.8. The van der Waals surface area contributed by atoms with Crippen LogP contribution < -0.4 is 5.32 Å². The maximum Gasteiger partial charge on any atom is 0.408 e. The van der Waals surface area contributed by atoms with Gasteiger partial charge < -0.3 is 15.0 Å². The predicted molar refractivity (Wildman–Crippen MR) is 136 cm³/mol. The van der Waals surface area contributed by atoms with Crippen molar-refractivity contribution in [1.29, 1.82) is 0 Å². The number of imidazole rings is 1. The number of hydrogen-bond donors (Lipinski definition) is 2. The van der Waals surface area contributed by atoms with Crippen LogP contribution in [0.5, 0.6) is 0 Å². The Morgan fingerprint density at radius 2 is 1.53 bits per heavy atom. The molecule has 4 aromatic rings. The van der Waals surface area contributed by atoms with Crippen LogP contribution in [-0.4, -0.2) is 21.7 Å². The number of ether oxygens (including phenoxy) is 1. The van der Waals surface area contributed by atoms with E-state index in [1.54, 1.807) is 0 Å². The molecule has 1 heterocycles. The minimum Gasteiger partial charge on any atom is -0.444 e. The van der Waals surface area contributed by atoms with Crippen molar-refractivity contribution < 1.29 is 9.53 Å². The number of aromatic amines is 1. The molecular formula is C29H31N3O2. The number of alkyl carbamates (subject to hydrolysis) is 1. The molecule has 1 aromatic heterocycles. The van der Waals surface area contributed by atoms with Crippen LogP contribution >= 0.6 is 0 Å². The van der Waals surface area contributed by atoms with Crippen LogP contribution in [0.4, 0.5) is 4.79 Å². The number of hydrogen-bond acceptors (Lipinski definition) is 3. The lowest BCUT2D eigenvalue weighted by Gasteiger charge is -2.23. The number of nitrogens with zero attached hydrogens (tertiary/aromatic N) is 1. The molecular weight excluding hydrogens is 422 g/mol. The molecule has 0 aliphatic carbocycles. The van der Waals surface area contributed by atoms with Gasteiger partial charge in [-0.1, -0.05) is 84.9 Å². The van der Waals surface area contributed by atoms with Crippen molar-refractivity contribution in [2.24, 2.45) is 0 Å². The maximum absolute atomic E-state index is 12.6. The lowest BCUT2D eigenvalue weighted by molar-refractivity contribution is 0.0498. The van der Waals surface area contributed by atoms with Crippen molar-refractivity contribution in [3.63, 3.8) is 0 Å². The lowest BCUT2D eigenvalue weighted by atomic mass is 9.98. The smallest absolute Gasteiger partial charge is 0.408 e. The van der Waals surface area contributed by atoms with Crippen LogP contribution in [0, 0.1) is 0 Å². The molecule has 3 aromatic carbocycles. The molecule has 174 valence electrons. The number of H-pyrrole nitrogens is 1. The number of benzene rings is 3. The van der Waals surface area contributed by atoms with E-state index in [0.717, 1.165) is 28.8 Å². The monoisotopic (exact) mass is 453 g/mol. The molecule has 0 saturated carbocycles. The fourth-order valence-corrected chi connectivity index (χ4v) is 3.91. The fraction of sp³-hybridized carbons (Fsp3) is 0.241. The summed E-state index contributed by atoms with van der Waals surface area (Å²) in [5.74, 6) is 0.708. The number of rotatable bonds is 7. The number of carbonyl (C=O) groups excluding carboxylic acids is 1. The summed E-state index contributed by atoms with van der Waals surface area (Å²) in [6.45, 7) is 5.57. The molecule has 34 heavy (non-hydrogen) atoms. The Morgan fingerprint density at radius 3 is 2.21 bits per heavy atom. The Morgan fingerprint density at radius 1 is 0.912 bits per heavy atom. The Hall–Kier alpha value is -3.86. The lowest BCUT2D eigenvalue weighted by Crippen LogP contribution is -2.35. The van der Waals surface area contributed by atoms with E-state index in [1.807, 2.05) is 75.5 Å². The Labute approximate surface area is 201 Å². The van der Waals surface area contributed by atoms with Gasteiger partial charge in [0.1, 0.15) is 11.4 Å². The molecule has 0 spiro atoms. The summed E-state index contributed by atoms with van der Waals surface area (Å²) in [6.07, 6.45) is 2.95. The second-order valence-electron chi connectivity index (χ2n) is 9.31. The van der Waals surface area contributed by atoms with Gasteiger partial charge in [0.25, 0.3) is 0 Å². The van der Waals surface area contributed by atoms with Crippen LogP contribution in [0.3, 0.4) is 0 Å². The van der Waals surface area contributed by atoms with Crippen LogP contribution in [0.15, 0.2) is 91.1 Å². The minimum atomic E-state index is -0.572.